The first-order valence-electron chi connectivity index (χ1n) is 5.88. The number of ether oxygens (including phenoxy) is 1. The molecule has 0 saturated heterocycles. The molecule has 1 N–H and O–H groups in total. The Kier molecular flexibility index (Phi) is 3.72. The highest BCUT2D eigenvalue weighted by Gasteiger charge is 2.22. The van der Waals surface area contributed by atoms with Crippen LogP contribution in [0.1, 0.15) is 24.0 Å². The minimum absolute atomic E-state index is 0. The highest BCUT2D eigenvalue weighted by molar-refractivity contribution is 5.85. The van der Waals surface area contributed by atoms with Crippen molar-refractivity contribution in [1.82, 2.24) is 5.32 Å². The van der Waals surface area contributed by atoms with Gasteiger partial charge in [0.05, 0.1) is 6.61 Å². The molecule has 0 atom stereocenters. The molecule has 0 spiro atoms. The van der Waals surface area contributed by atoms with Crippen LogP contribution < -0.4 is 10.1 Å². The summed E-state index contributed by atoms with van der Waals surface area (Å²) in [6, 6.07) is 6.42. The van der Waals surface area contributed by atoms with Gasteiger partial charge in [-0.15, -0.1) is 12.4 Å². The minimum Gasteiger partial charge on any atom is -0.493 e. The van der Waals surface area contributed by atoms with Crippen molar-refractivity contribution in [3.05, 3.63) is 29.3 Å². The van der Waals surface area contributed by atoms with Gasteiger partial charge in [-0.1, -0.05) is 12.1 Å². The normalized spacial score (nSPS) is 18.5. The summed E-state index contributed by atoms with van der Waals surface area (Å²) in [6.07, 6.45) is 3.82. The molecule has 1 saturated carbocycles. The molecule has 1 fully saturated rings. The Bertz CT molecular complexity index is 363. The topological polar surface area (TPSA) is 21.3 Å². The van der Waals surface area contributed by atoms with Crippen molar-refractivity contribution in [1.29, 1.82) is 0 Å². The zero-order valence-corrected chi connectivity index (χ0v) is 10.2. The smallest absolute Gasteiger partial charge is 0.122 e. The lowest BCUT2D eigenvalue weighted by atomic mass is 10.0. The fourth-order valence-corrected chi connectivity index (χ4v) is 2.12. The molecule has 0 bridgehead atoms. The zero-order chi connectivity index (χ0) is 10.1. The highest BCUT2D eigenvalue weighted by atomic mass is 35.5. The van der Waals surface area contributed by atoms with E-state index in [9.17, 15) is 0 Å². The van der Waals surface area contributed by atoms with E-state index in [0.717, 1.165) is 37.8 Å². The first-order chi connectivity index (χ1) is 7.43. The summed E-state index contributed by atoms with van der Waals surface area (Å²) >= 11 is 0. The molecule has 2 aliphatic rings. The summed E-state index contributed by atoms with van der Waals surface area (Å²) < 4.78 is 5.90. The first-order valence-corrected chi connectivity index (χ1v) is 5.88. The van der Waals surface area contributed by atoms with Crippen molar-refractivity contribution >= 4 is 12.4 Å². The van der Waals surface area contributed by atoms with Crippen molar-refractivity contribution in [3.63, 3.8) is 0 Å². The van der Waals surface area contributed by atoms with E-state index in [2.05, 4.69) is 23.5 Å². The molecule has 0 radical (unpaired) electrons. The molecule has 1 heterocycles. The van der Waals surface area contributed by atoms with Gasteiger partial charge >= 0.3 is 0 Å². The molecule has 0 aromatic heterocycles. The first kappa shape index (κ1) is 11.7. The Labute approximate surface area is 103 Å². The second kappa shape index (κ2) is 5.07. The van der Waals surface area contributed by atoms with E-state index in [1.54, 1.807) is 0 Å². The Balaban J connectivity index is 0.000000963. The van der Waals surface area contributed by atoms with Crippen molar-refractivity contribution in [2.24, 2.45) is 5.92 Å². The van der Waals surface area contributed by atoms with E-state index < -0.39 is 0 Å². The second-order valence-corrected chi connectivity index (χ2v) is 4.57. The molecule has 3 rings (SSSR count). The monoisotopic (exact) mass is 239 g/mol. The van der Waals surface area contributed by atoms with Gasteiger partial charge in [-0.05, 0) is 48.9 Å². The Morgan fingerprint density at radius 2 is 2.19 bits per heavy atom. The lowest BCUT2D eigenvalue weighted by Gasteiger charge is -2.20. The second-order valence-electron chi connectivity index (χ2n) is 4.57. The van der Waals surface area contributed by atoms with Gasteiger partial charge in [-0.25, -0.2) is 0 Å². The molecule has 88 valence electrons. The van der Waals surface area contributed by atoms with Crippen LogP contribution in [-0.2, 0) is 13.0 Å². The predicted octanol–water partition coefficient (Wildman–Crippen LogP) is 2.54. The third kappa shape index (κ3) is 2.50. The number of rotatable bonds is 3. The number of fused-ring (bicyclic) bond motifs is 1. The zero-order valence-electron chi connectivity index (χ0n) is 9.37. The maximum Gasteiger partial charge on any atom is 0.122 e. The van der Waals surface area contributed by atoms with Crippen LogP contribution in [0.25, 0.3) is 0 Å². The fourth-order valence-electron chi connectivity index (χ4n) is 2.12. The Morgan fingerprint density at radius 3 is 3.00 bits per heavy atom. The molecule has 3 heteroatoms. The van der Waals surface area contributed by atoms with Gasteiger partial charge < -0.3 is 10.1 Å². The molecule has 1 aromatic carbocycles. The van der Waals surface area contributed by atoms with E-state index >= 15 is 0 Å². The average molecular weight is 240 g/mol. The van der Waals surface area contributed by atoms with Crippen LogP contribution in [0.5, 0.6) is 5.75 Å². The third-order valence-corrected chi connectivity index (χ3v) is 3.27. The molecule has 0 amide bonds. The van der Waals surface area contributed by atoms with Gasteiger partial charge in [0.15, 0.2) is 0 Å². The molecule has 16 heavy (non-hydrogen) atoms. The summed E-state index contributed by atoms with van der Waals surface area (Å²) in [7, 11) is 0. The number of halogens is 1. The Morgan fingerprint density at radius 1 is 1.31 bits per heavy atom. The largest absolute Gasteiger partial charge is 0.493 e. The number of hydrogen-bond acceptors (Lipinski definition) is 2. The van der Waals surface area contributed by atoms with Crippen molar-refractivity contribution < 1.29 is 4.74 Å². The highest BCUT2D eigenvalue weighted by Crippen LogP contribution is 2.31. The molecular weight excluding hydrogens is 222 g/mol. The molecule has 1 aromatic rings. The average Bonchev–Trinajstić information content (AvgIpc) is 3.10. The van der Waals surface area contributed by atoms with Crippen LogP contribution in [0, 0.1) is 5.92 Å². The Hall–Kier alpha value is -0.730. The third-order valence-electron chi connectivity index (χ3n) is 3.27. The van der Waals surface area contributed by atoms with Gasteiger partial charge in [0.25, 0.3) is 0 Å². The predicted molar refractivity (Wildman–Crippen MR) is 67.3 cm³/mol. The summed E-state index contributed by atoms with van der Waals surface area (Å²) in [6.45, 7) is 3.00. The quantitative estimate of drug-likeness (QED) is 0.876. The molecule has 1 aliphatic carbocycles. The van der Waals surface area contributed by atoms with Gasteiger partial charge in [-0.3, -0.25) is 0 Å². The summed E-state index contributed by atoms with van der Waals surface area (Å²) in [4.78, 5) is 0. The van der Waals surface area contributed by atoms with Crippen LogP contribution in [0.15, 0.2) is 18.2 Å². The van der Waals surface area contributed by atoms with Crippen LogP contribution >= 0.6 is 12.4 Å². The molecule has 2 nitrogen and oxygen atoms in total. The van der Waals surface area contributed by atoms with Crippen molar-refractivity contribution in [2.45, 2.75) is 25.8 Å². The van der Waals surface area contributed by atoms with Crippen molar-refractivity contribution in [2.75, 3.05) is 13.2 Å². The van der Waals surface area contributed by atoms with E-state index in [1.165, 1.54) is 24.0 Å². The summed E-state index contributed by atoms with van der Waals surface area (Å²) in [5.41, 5.74) is 2.84. The van der Waals surface area contributed by atoms with Crippen LogP contribution in [0.3, 0.4) is 0 Å². The summed E-state index contributed by atoms with van der Waals surface area (Å²) in [5.74, 6) is 1.96. The van der Waals surface area contributed by atoms with Gasteiger partial charge in [0.2, 0.25) is 0 Å². The maximum absolute atomic E-state index is 5.90. The van der Waals surface area contributed by atoms with E-state index in [1.807, 2.05) is 0 Å². The number of hydrogen-bond donors (Lipinski definition) is 1. The lowest BCUT2D eigenvalue weighted by molar-refractivity contribution is 0.295. The summed E-state index contributed by atoms with van der Waals surface area (Å²) in [5, 5.41) is 3.39. The molecule has 0 unspecified atom stereocenters. The fraction of sp³-hybridized carbons (Fsp3) is 0.538. The number of nitrogens with one attached hydrogen (secondary N) is 1. The van der Waals surface area contributed by atoms with Crippen LogP contribution in [-0.4, -0.2) is 13.2 Å². The van der Waals surface area contributed by atoms with Gasteiger partial charge in [-0.2, -0.15) is 0 Å². The number of benzene rings is 1. The van der Waals surface area contributed by atoms with Gasteiger partial charge in [0, 0.05) is 6.54 Å². The SMILES string of the molecule is Cl.c1cc2c(c(OCC3CC3)c1)CCNC2. The molecule has 1 aliphatic heterocycles. The standard InChI is InChI=1S/C13H17NO.ClH/c1-2-11-8-14-7-6-12(11)13(3-1)15-9-10-4-5-10;/h1-3,10,14H,4-9H2;1H. The minimum atomic E-state index is 0. The van der Waals surface area contributed by atoms with Crippen LogP contribution in [0.4, 0.5) is 0 Å². The van der Waals surface area contributed by atoms with Gasteiger partial charge in [0.1, 0.15) is 5.75 Å². The van der Waals surface area contributed by atoms with Crippen LogP contribution in [0.2, 0.25) is 0 Å². The lowest BCUT2D eigenvalue weighted by Crippen LogP contribution is -2.24. The maximum atomic E-state index is 5.90. The molecular formula is C13H18ClNO. The van der Waals surface area contributed by atoms with E-state index in [0.29, 0.717) is 0 Å². The van der Waals surface area contributed by atoms with Crippen molar-refractivity contribution in [3.8, 4) is 5.75 Å². The van der Waals surface area contributed by atoms with E-state index in [4.69, 9.17) is 4.74 Å². The van der Waals surface area contributed by atoms with E-state index in [-0.39, 0.29) is 12.4 Å².